The van der Waals surface area contributed by atoms with Crippen LogP contribution >= 0.6 is 0 Å². The first-order valence-corrected chi connectivity index (χ1v) is 8.94. The second-order valence-electron chi connectivity index (χ2n) is 6.84. The number of rotatable bonds is 3. The molecule has 0 bridgehead atoms. The first-order valence-electron chi connectivity index (χ1n) is 8.94. The molecular weight excluding hydrogens is 300 g/mol. The second-order valence-corrected chi connectivity index (χ2v) is 6.84. The SMILES string of the molecule is O=C(c1cnn(-c2ccccc2)c1)N1CCC(C2CCCN2)CC1. The van der Waals surface area contributed by atoms with Crippen molar-refractivity contribution < 1.29 is 4.79 Å². The maximum atomic E-state index is 12.7. The van der Waals surface area contributed by atoms with Gasteiger partial charge in [-0.05, 0) is 50.3 Å². The fraction of sp³-hybridized carbons (Fsp3) is 0.474. The molecule has 126 valence electrons. The van der Waals surface area contributed by atoms with Gasteiger partial charge in [-0.3, -0.25) is 4.79 Å². The fourth-order valence-electron chi connectivity index (χ4n) is 3.96. The number of hydrogen-bond donors (Lipinski definition) is 1. The number of hydrogen-bond acceptors (Lipinski definition) is 3. The minimum Gasteiger partial charge on any atom is -0.339 e. The van der Waals surface area contributed by atoms with Crippen molar-refractivity contribution in [3.63, 3.8) is 0 Å². The number of likely N-dealkylation sites (tertiary alicyclic amines) is 1. The third kappa shape index (κ3) is 3.08. The lowest BCUT2D eigenvalue weighted by Crippen LogP contribution is -2.43. The Morgan fingerprint density at radius 3 is 2.62 bits per heavy atom. The van der Waals surface area contributed by atoms with E-state index in [1.165, 1.54) is 12.8 Å². The Morgan fingerprint density at radius 2 is 1.92 bits per heavy atom. The van der Waals surface area contributed by atoms with Gasteiger partial charge >= 0.3 is 0 Å². The summed E-state index contributed by atoms with van der Waals surface area (Å²) in [5.74, 6) is 0.832. The van der Waals surface area contributed by atoms with E-state index in [2.05, 4.69) is 10.4 Å². The zero-order valence-electron chi connectivity index (χ0n) is 13.9. The fourth-order valence-corrected chi connectivity index (χ4v) is 3.96. The van der Waals surface area contributed by atoms with Gasteiger partial charge in [0.25, 0.3) is 5.91 Å². The molecule has 0 radical (unpaired) electrons. The molecule has 1 N–H and O–H groups in total. The molecule has 0 spiro atoms. The topological polar surface area (TPSA) is 50.2 Å². The van der Waals surface area contributed by atoms with Crippen LogP contribution in [-0.2, 0) is 0 Å². The smallest absolute Gasteiger partial charge is 0.257 e. The van der Waals surface area contributed by atoms with Crippen molar-refractivity contribution >= 4 is 5.91 Å². The van der Waals surface area contributed by atoms with Crippen LogP contribution in [0.4, 0.5) is 0 Å². The summed E-state index contributed by atoms with van der Waals surface area (Å²) < 4.78 is 1.77. The van der Waals surface area contributed by atoms with Crippen LogP contribution in [0.3, 0.4) is 0 Å². The Balaban J connectivity index is 1.39. The number of benzene rings is 1. The number of aromatic nitrogens is 2. The van der Waals surface area contributed by atoms with E-state index in [1.807, 2.05) is 41.4 Å². The number of para-hydroxylation sites is 1. The van der Waals surface area contributed by atoms with Gasteiger partial charge in [-0.2, -0.15) is 5.10 Å². The molecule has 5 heteroatoms. The molecule has 2 aliphatic heterocycles. The number of nitrogens with one attached hydrogen (secondary N) is 1. The maximum Gasteiger partial charge on any atom is 0.257 e. The zero-order chi connectivity index (χ0) is 16.4. The van der Waals surface area contributed by atoms with Crippen molar-refractivity contribution in [3.05, 3.63) is 48.3 Å². The lowest BCUT2D eigenvalue weighted by molar-refractivity contribution is 0.0674. The normalized spacial score (nSPS) is 22.0. The van der Waals surface area contributed by atoms with Crippen LogP contribution < -0.4 is 5.32 Å². The molecule has 1 atom stereocenters. The number of carbonyl (C=O) groups is 1. The van der Waals surface area contributed by atoms with Gasteiger partial charge < -0.3 is 10.2 Å². The van der Waals surface area contributed by atoms with Crippen molar-refractivity contribution in [1.29, 1.82) is 0 Å². The molecule has 1 aromatic heterocycles. The highest BCUT2D eigenvalue weighted by Gasteiger charge is 2.30. The maximum absolute atomic E-state index is 12.7. The van der Waals surface area contributed by atoms with E-state index < -0.39 is 0 Å². The molecule has 0 aliphatic carbocycles. The molecule has 5 nitrogen and oxygen atoms in total. The van der Waals surface area contributed by atoms with Crippen molar-refractivity contribution in [1.82, 2.24) is 20.0 Å². The van der Waals surface area contributed by atoms with Crippen molar-refractivity contribution in [3.8, 4) is 5.69 Å². The van der Waals surface area contributed by atoms with Crippen molar-refractivity contribution in [2.75, 3.05) is 19.6 Å². The lowest BCUT2D eigenvalue weighted by atomic mass is 9.88. The molecule has 1 amide bonds. The summed E-state index contributed by atoms with van der Waals surface area (Å²) in [7, 11) is 0. The highest BCUT2D eigenvalue weighted by molar-refractivity contribution is 5.93. The van der Waals surface area contributed by atoms with Crippen LogP contribution in [0.5, 0.6) is 0 Å². The van der Waals surface area contributed by atoms with Crippen molar-refractivity contribution in [2.45, 2.75) is 31.7 Å². The Morgan fingerprint density at radius 1 is 1.12 bits per heavy atom. The molecule has 3 heterocycles. The lowest BCUT2D eigenvalue weighted by Gasteiger charge is -2.34. The Bertz CT molecular complexity index is 682. The van der Waals surface area contributed by atoms with Gasteiger partial charge in [0.05, 0.1) is 17.4 Å². The van der Waals surface area contributed by atoms with Gasteiger partial charge in [-0.25, -0.2) is 4.68 Å². The third-order valence-corrected chi connectivity index (χ3v) is 5.34. The average Bonchev–Trinajstić information content (AvgIpc) is 3.34. The Hall–Kier alpha value is -2.14. The predicted molar refractivity (Wildman–Crippen MR) is 93.2 cm³/mol. The summed E-state index contributed by atoms with van der Waals surface area (Å²) in [5, 5.41) is 7.95. The molecule has 1 aromatic carbocycles. The highest BCUT2D eigenvalue weighted by atomic mass is 16.2. The van der Waals surface area contributed by atoms with Crippen LogP contribution in [0.1, 0.15) is 36.0 Å². The summed E-state index contributed by atoms with van der Waals surface area (Å²) >= 11 is 0. The van der Waals surface area contributed by atoms with Gasteiger partial charge in [0.1, 0.15) is 0 Å². The van der Waals surface area contributed by atoms with E-state index in [4.69, 9.17) is 0 Å². The van der Waals surface area contributed by atoms with E-state index in [0.717, 1.165) is 44.1 Å². The standard InChI is InChI=1S/C19H24N4O/c24-19(16-13-21-23(14-16)17-5-2-1-3-6-17)22-11-8-15(9-12-22)18-7-4-10-20-18/h1-3,5-6,13-15,18,20H,4,7-12H2. The highest BCUT2D eigenvalue weighted by Crippen LogP contribution is 2.26. The van der Waals surface area contributed by atoms with Crippen LogP contribution in [0.2, 0.25) is 0 Å². The number of nitrogens with zero attached hydrogens (tertiary/aromatic N) is 3. The van der Waals surface area contributed by atoms with E-state index in [0.29, 0.717) is 11.6 Å². The second kappa shape index (κ2) is 6.77. The molecule has 2 saturated heterocycles. The Labute approximate surface area is 142 Å². The monoisotopic (exact) mass is 324 g/mol. The summed E-state index contributed by atoms with van der Waals surface area (Å²) in [6.45, 7) is 2.87. The van der Waals surface area contributed by atoms with E-state index in [1.54, 1.807) is 10.9 Å². The molecule has 4 rings (SSSR count). The number of piperidine rings is 1. The van der Waals surface area contributed by atoms with Gasteiger partial charge in [-0.1, -0.05) is 18.2 Å². The van der Waals surface area contributed by atoms with Gasteiger partial charge in [0.2, 0.25) is 0 Å². The Kier molecular flexibility index (Phi) is 4.34. The zero-order valence-corrected chi connectivity index (χ0v) is 13.9. The minimum absolute atomic E-state index is 0.106. The van der Waals surface area contributed by atoms with E-state index in [-0.39, 0.29) is 5.91 Å². The first kappa shape index (κ1) is 15.4. The summed E-state index contributed by atoms with van der Waals surface area (Å²) in [4.78, 5) is 14.7. The largest absolute Gasteiger partial charge is 0.339 e. The number of carbonyl (C=O) groups excluding carboxylic acids is 1. The first-order chi connectivity index (χ1) is 11.8. The summed E-state index contributed by atoms with van der Waals surface area (Å²) in [5.41, 5.74) is 1.65. The van der Waals surface area contributed by atoms with Crippen LogP contribution in [0.25, 0.3) is 5.69 Å². The molecule has 0 saturated carbocycles. The molecule has 2 aliphatic rings. The molecule has 2 aromatic rings. The van der Waals surface area contributed by atoms with Gasteiger partial charge in [0, 0.05) is 25.3 Å². The van der Waals surface area contributed by atoms with Gasteiger partial charge in [-0.15, -0.1) is 0 Å². The van der Waals surface area contributed by atoms with Crippen LogP contribution in [0.15, 0.2) is 42.7 Å². The average molecular weight is 324 g/mol. The minimum atomic E-state index is 0.106. The predicted octanol–water partition coefficient (Wildman–Crippen LogP) is 2.48. The molecule has 2 fully saturated rings. The van der Waals surface area contributed by atoms with Crippen molar-refractivity contribution in [2.24, 2.45) is 5.92 Å². The molecule has 1 unspecified atom stereocenters. The summed E-state index contributed by atoms with van der Waals surface area (Å²) in [6.07, 6.45) is 8.32. The van der Waals surface area contributed by atoms with E-state index in [9.17, 15) is 4.79 Å². The molecule has 24 heavy (non-hydrogen) atoms. The molecular formula is C19H24N4O. The van der Waals surface area contributed by atoms with Crippen LogP contribution in [-0.4, -0.2) is 46.3 Å². The van der Waals surface area contributed by atoms with E-state index >= 15 is 0 Å². The quantitative estimate of drug-likeness (QED) is 0.944. The van der Waals surface area contributed by atoms with Gasteiger partial charge in [0.15, 0.2) is 0 Å². The van der Waals surface area contributed by atoms with Crippen LogP contribution in [0, 0.1) is 5.92 Å². The number of amides is 1. The third-order valence-electron chi connectivity index (χ3n) is 5.34. The summed E-state index contributed by atoms with van der Waals surface area (Å²) in [6, 6.07) is 10.6.